The fourth-order valence-electron chi connectivity index (χ4n) is 1.13. The number of rotatable bonds is 2. The molecule has 88 valence electrons. The van der Waals surface area contributed by atoms with E-state index in [-0.39, 0.29) is 4.47 Å². The lowest BCUT2D eigenvalue weighted by Crippen LogP contribution is -2.12. The summed E-state index contributed by atoms with van der Waals surface area (Å²) < 4.78 is 50.3. The van der Waals surface area contributed by atoms with Gasteiger partial charge in [0.2, 0.25) is 0 Å². The van der Waals surface area contributed by atoms with Crippen molar-refractivity contribution < 1.29 is 27.5 Å². The third kappa shape index (κ3) is 2.72. The first kappa shape index (κ1) is 13.0. The molecule has 0 aliphatic rings. The lowest BCUT2D eigenvalue weighted by atomic mass is 10.1. The van der Waals surface area contributed by atoms with E-state index in [0.717, 1.165) is 6.07 Å². The third-order valence-corrected chi connectivity index (χ3v) is 2.56. The fourth-order valence-corrected chi connectivity index (χ4v) is 1.58. The monoisotopic (exact) mass is 300 g/mol. The molecule has 0 heterocycles. The second-order valence-corrected chi connectivity index (χ2v) is 3.81. The average Bonchev–Trinajstić information content (AvgIpc) is 2.09. The minimum absolute atomic E-state index is 0.000370. The molecule has 1 N–H and O–H groups in total. The maximum absolute atomic E-state index is 13.4. The normalized spacial score (nSPS) is 11.6. The van der Waals surface area contributed by atoms with Crippen LogP contribution in [0, 0.1) is 5.82 Å². The van der Waals surface area contributed by atoms with Gasteiger partial charge in [0.15, 0.2) is 0 Å². The van der Waals surface area contributed by atoms with Crippen molar-refractivity contribution in [2.75, 3.05) is 0 Å². The highest BCUT2D eigenvalue weighted by molar-refractivity contribution is 9.10. The van der Waals surface area contributed by atoms with E-state index in [1.54, 1.807) is 0 Å². The van der Waals surface area contributed by atoms with Gasteiger partial charge >= 0.3 is 12.1 Å². The zero-order valence-electron chi connectivity index (χ0n) is 7.61. The Labute approximate surface area is 96.0 Å². The summed E-state index contributed by atoms with van der Waals surface area (Å²) in [6, 6.07) is 1.54. The quantitative estimate of drug-likeness (QED) is 0.852. The predicted molar refractivity (Wildman–Crippen MR) is 50.4 cm³/mol. The largest absolute Gasteiger partial charge is 0.481 e. The summed E-state index contributed by atoms with van der Waals surface area (Å²) in [5.74, 6) is -2.96. The van der Waals surface area contributed by atoms with Gasteiger partial charge in [-0.15, -0.1) is 0 Å². The molecule has 0 aromatic heterocycles. The Bertz CT molecular complexity index is 428. The smallest absolute Gasteiger partial charge is 0.419 e. The molecule has 0 saturated heterocycles. The molecule has 16 heavy (non-hydrogen) atoms. The number of carboxylic acids is 1. The van der Waals surface area contributed by atoms with Crippen LogP contribution in [0.5, 0.6) is 0 Å². The van der Waals surface area contributed by atoms with Crippen LogP contribution in [-0.4, -0.2) is 11.1 Å². The van der Waals surface area contributed by atoms with Gasteiger partial charge in [0.1, 0.15) is 5.82 Å². The summed E-state index contributed by atoms with van der Waals surface area (Å²) in [4.78, 5) is 10.4. The van der Waals surface area contributed by atoms with Crippen LogP contribution in [0.3, 0.4) is 0 Å². The fraction of sp³-hybridized carbons (Fsp3) is 0.222. The Morgan fingerprint density at radius 3 is 2.38 bits per heavy atom. The van der Waals surface area contributed by atoms with Gasteiger partial charge in [-0.1, -0.05) is 15.9 Å². The minimum Gasteiger partial charge on any atom is -0.481 e. The molecule has 0 amide bonds. The summed E-state index contributed by atoms with van der Waals surface area (Å²) >= 11 is 2.81. The molecule has 0 aliphatic carbocycles. The lowest BCUT2D eigenvalue weighted by molar-refractivity contribution is -0.141. The number of hydrogen-bond acceptors (Lipinski definition) is 1. The molecular weight excluding hydrogens is 296 g/mol. The highest BCUT2D eigenvalue weighted by atomic mass is 79.9. The van der Waals surface area contributed by atoms with Crippen LogP contribution >= 0.6 is 15.9 Å². The SMILES string of the molecule is O=C(O)Cc1c(Br)ccc(C(F)(F)F)c1F. The highest BCUT2D eigenvalue weighted by Crippen LogP contribution is 2.35. The Morgan fingerprint density at radius 2 is 1.94 bits per heavy atom. The van der Waals surface area contributed by atoms with E-state index in [0.29, 0.717) is 6.07 Å². The number of aliphatic carboxylic acids is 1. The summed E-state index contributed by atoms with van der Waals surface area (Å²) in [7, 11) is 0. The summed E-state index contributed by atoms with van der Waals surface area (Å²) in [5, 5.41) is 8.44. The van der Waals surface area contributed by atoms with Crippen LogP contribution in [0.25, 0.3) is 0 Å². The van der Waals surface area contributed by atoms with Crippen LogP contribution in [0.2, 0.25) is 0 Å². The number of hydrogen-bond donors (Lipinski definition) is 1. The summed E-state index contributed by atoms with van der Waals surface area (Å²) in [6.07, 6.45) is -5.64. The van der Waals surface area contributed by atoms with Gasteiger partial charge in [-0.2, -0.15) is 13.2 Å². The van der Waals surface area contributed by atoms with Gasteiger partial charge in [-0.25, -0.2) is 4.39 Å². The van der Waals surface area contributed by atoms with Crippen molar-refractivity contribution in [2.24, 2.45) is 0 Å². The van der Waals surface area contributed by atoms with E-state index in [1.807, 2.05) is 0 Å². The van der Waals surface area contributed by atoms with Gasteiger partial charge in [-0.3, -0.25) is 4.79 Å². The topological polar surface area (TPSA) is 37.3 Å². The minimum atomic E-state index is -4.84. The van der Waals surface area contributed by atoms with E-state index in [2.05, 4.69) is 15.9 Å². The predicted octanol–water partition coefficient (Wildman–Crippen LogP) is 3.23. The van der Waals surface area contributed by atoms with Crippen LogP contribution in [0.4, 0.5) is 17.6 Å². The van der Waals surface area contributed by atoms with E-state index in [1.165, 1.54) is 0 Å². The molecule has 1 aromatic rings. The number of alkyl halides is 3. The zero-order valence-corrected chi connectivity index (χ0v) is 9.19. The molecule has 0 bridgehead atoms. The van der Waals surface area contributed by atoms with Crippen molar-refractivity contribution in [2.45, 2.75) is 12.6 Å². The van der Waals surface area contributed by atoms with Crippen molar-refractivity contribution in [1.29, 1.82) is 0 Å². The molecule has 0 atom stereocenters. The summed E-state index contributed by atoms with van der Waals surface area (Å²) in [6.45, 7) is 0. The Kier molecular flexibility index (Phi) is 3.57. The van der Waals surface area contributed by atoms with Crippen molar-refractivity contribution in [3.05, 3.63) is 33.5 Å². The average molecular weight is 301 g/mol. The Morgan fingerprint density at radius 1 is 1.38 bits per heavy atom. The van der Waals surface area contributed by atoms with Gasteiger partial charge in [0.05, 0.1) is 12.0 Å². The van der Waals surface area contributed by atoms with E-state index < -0.39 is 35.5 Å². The van der Waals surface area contributed by atoms with E-state index >= 15 is 0 Å². The van der Waals surface area contributed by atoms with Crippen molar-refractivity contribution >= 4 is 21.9 Å². The molecule has 0 radical (unpaired) electrons. The van der Waals surface area contributed by atoms with Crippen LogP contribution in [0.1, 0.15) is 11.1 Å². The summed E-state index contributed by atoms with van der Waals surface area (Å²) in [5.41, 5.74) is -1.98. The molecule has 2 nitrogen and oxygen atoms in total. The molecule has 1 aromatic carbocycles. The van der Waals surface area contributed by atoms with E-state index in [9.17, 15) is 22.4 Å². The van der Waals surface area contributed by atoms with Gasteiger partial charge in [-0.05, 0) is 12.1 Å². The second-order valence-electron chi connectivity index (χ2n) is 2.96. The number of halogens is 5. The number of carbonyl (C=O) groups is 1. The molecule has 0 fully saturated rings. The number of carboxylic acid groups (broad SMARTS) is 1. The zero-order chi connectivity index (χ0) is 12.5. The molecular formula is C9H5BrF4O2. The standard InChI is InChI=1S/C9H5BrF4O2/c10-6-2-1-5(9(12,13)14)8(11)4(6)3-7(15)16/h1-2H,3H2,(H,15,16). The first-order chi connectivity index (χ1) is 7.23. The third-order valence-electron chi connectivity index (χ3n) is 1.82. The lowest BCUT2D eigenvalue weighted by Gasteiger charge is -2.11. The van der Waals surface area contributed by atoms with Gasteiger partial charge in [0, 0.05) is 10.0 Å². The van der Waals surface area contributed by atoms with Gasteiger partial charge < -0.3 is 5.11 Å². The molecule has 0 aliphatic heterocycles. The molecule has 1 rings (SSSR count). The van der Waals surface area contributed by atoms with Gasteiger partial charge in [0.25, 0.3) is 0 Å². The van der Waals surface area contributed by atoms with Crippen LogP contribution in [-0.2, 0) is 17.4 Å². The number of benzene rings is 1. The highest BCUT2D eigenvalue weighted by Gasteiger charge is 2.35. The maximum atomic E-state index is 13.4. The molecule has 7 heteroatoms. The van der Waals surface area contributed by atoms with E-state index in [4.69, 9.17) is 5.11 Å². The van der Waals surface area contributed by atoms with Crippen molar-refractivity contribution in [3.63, 3.8) is 0 Å². The Balaban J connectivity index is 3.33. The maximum Gasteiger partial charge on any atom is 0.419 e. The molecule has 0 unspecified atom stereocenters. The van der Waals surface area contributed by atoms with Crippen LogP contribution < -0.4 is 0 Å². The molecule has 0 saturated carbocycles. The van der Waals surface area contributed by atoms with Crippen molar-refractivity contribution in [1.82, 2.24) is 0 Å². The molecule has 0 spiro atoms. The second kappa shape index (κ2) is 4.40. The first-order valence-corrected chi connectivity index (χ1v) is 4.78. The van der Waals surface area contributed by atoms with Crippen LogP contribution in [0.15, 0.2) is 16.6 Å². The van der Waals surface area contributed by atoms with Crippen molar-refractivity contribution in [3.8, 4) is 0 Å². The Hall–Kier alpha value is -1.11. The first-order valence-electron chi connectivity index (χ1n) is 3.99.